The Balaban J connectivity index is 2.89. The number of anilines is 1. The van der Waals surface area contributed by atoms with Crippen LogP contribution in [-0.2, 0) is 9.59 Å². The summed E-state index contributed by atoms with van der Waals surface area (Å²) in [5, 5.41) is 11.1. The van der Waals surface area contributed by atoms with Crippen LogP contribution in [0, 0.1) is 0 Å². The number of ether oxygens (including phenoxy) is 1. The molecule has 1 aromatic rings. The van der Waals surface area contributed by atoms with E-state index in [9.17, 15) is 22.8 Å². The molecule has 0 aliphatic heterocycles. The minimum absolute atomic E-state index is 0.0513. The third-order valence-corrected chi connectivity index (χ3v) is 2.55. The highest BCUT2D eigenvalue weighted by molar-refractivity contribution is 6.08. The fraction of sp³-hybridized carbons (Fsp3) is 0.231. The molecule has 21 heavy (non-hydrogen) atoms. The first-order chi connectivity index (χ1) is 9.60. The number of benzene rings is 1. The van der Waals surface area contributed by atoms with E-state index >= 15 is 0 Å². The van der Waals surface area contributed by atoms with Crippen molar-refractivity contribution in [2.24, 2.45) is 0 Å². The van der Waals surface area contributed by atoms with Crippen molar-refractivity contribution in [1.82, 2.24) is 0 Å². The number of hydrogen-bond donors (Lipinski definition) is 2. The van der Waals surface area contributed by atoms with E-state index < -0.39 is 24.0 Å². The van der Waals surface area contributed by atoms with E-state index in [4.69, 9.17) is 5.11 Å². The molecule has 8 heteroatoms. The van der Waals surface area contributed by atoms with E-state index in [-0.39, 0.29) is 16.8 Å². The van der Waals surface area contributed by atoms with Crippen molar-refractivity contribution in [2.45, 2.75) is 20.2 Å². The van der Waals surface area contributed by atoms with Gasteiger partial charge in [-0.3, -0.25) is 4.79 Å². The van der Waals surface area contributed by atoms with Gasteiger partial charge in [0.05, 0.1) is 0 Å². The summed E-state index contributed by atoms with van der Waals surface area (Å²) < 4.78 is 39.9. The maximum absolute atomic E-state index is 12.1. The number of hydrogen-bond acceptors (Lipinski definition) is 3. The Hall–Kier alpha value is -2.51. The molecule has 0 fully saturated rings. The van der Waals surface area contributed by atoms with Crippen LogP contribution in [0.3, 0.4) is 0 Å². The van der Waals surface area contributed by atoms with Crippen LogP contribution in [0.2, 0.25) is 0 Å². The molecule has 5 nitrogen and oxygen atoms in total. The van der Waals surface area contributed by atoms with Gasteiger partial charge in [0.25, 0.3) is 5.91 Å². The van der Waals surface area contributed by atoms with Gasteiger partial charge >= 0.3 is 12.3 Å². The predicted octanol–water partition coefficient (Wildman–Crippen LogP) is 2.94. The minimum Gasteiger partial charge on any atom is -0.478 e. The fourth-order valence-electron chi connectivity index (χ4n) is 1.33. The van der Waals surface area contributed by atoms with Crippen molar-refractivity contribution in [3.63, 3.8) is 0 Å². The first-order valence-corrected chi connectivity index (χ1v) is 5.68. The van der Waals surface area contributed by atoms with Crippen molar-refractivity contribution in [1.29, 1.82) is 0 Å². The molecule has 2 N–H and O–H groups in total. The minimum atomic E-state index is -4.83. The Kier molecular flexibility index (Phi) is 4.96. The number of halogens is 3. The van der Waals surface area contributed by atoms with Crippen LogP contribution < -0.4 is 10.1 Å². The number of alkyl halides is 3. The van der Waals surface area contributed by atoms with Crippen molar-refractivity contribution >= 4 is 17.6 Å². The lowest BCUT2D eigenvalue weighted by atomic mass is 10.1. The average molecular weight is 303 g/mol. The van der Waals surface area contributed by atoms with Crippen LogP contribution in [0.4, 0.5) is 18.9 Å². The summed E-state index contributed by atoms with van der Waals surface area (Å²) in [6.45, 7) is 2.55. The lowest BCUT2D eigenvalue weighted by Crippen LogP contribution is -2.18. The normalized spacial score (nSPS) is 12.4. The number of carboxylic acids is 1. The molecular weight excluding hydrogens is 291 g/mol. The van der Waals surface area contributed by atoms with Gasteiger partial charge in [0.2, 0.25) is 0 Å². The number of carboxylic acid groups (broad SMARTS) is 1. The van der Waals surface area contributed by atoms with Crippen LogP contribution in [0.5, 0.6) is 5.75 Å². The first-order valence-electron chi connectivity index (χ1n) is 5.68. The van der Waals surface area contributed by atoms with Crippen molar-refractivity contribution in [3.8, 4) is 5.75 Å². The molecule has 0 saturated heterocycles. The summed E-state index contributed by atoms with van der Waals surface area (Å²) in [6.07, 6.45) is -4.83. The number of nitrogens with one attached hydrogen (secondary N) is 1. The van der Waals surface area contributed by atoms with Gasteiger partial charge in [-0.1, -0.05) is 6.07 Å². The number of rotatable bonds is 4. The van der Waals surface area contributed by atoms with Crippen molar-refractivity contribution in [2.75, 3.05) is 5.32 Å². The predicted molar refractivity (Wildman–Crippen MR) is 67.8 cm³/mol. The molecule has 1 amide bonds. The molecular formula is C13H12F3NO4. The molecule has 114 valence electrons. The van der Waals surface area contributed by atoms with Crippen molar-refractivity contribution < 1.29 is 32.6 Å². The lowest BCUT2D eigenvalue weighted by molar-refractivity contribution is -0.274. The van der Waals surface area contributed by atoms with E-state index in [2.05, 4.69) is 10.1 Å². The van der Waals surface area contributed by atoms with Crippen LogP contribution in [0.1, 0.15) is 13.8 Å². The largest absolute Gasteiger partial charge is 0.573 e. The van der Waals surface area contributed by atoms with Crippen LogP contribution in [0.25, 0.3) is 0 Å². The Morgan fingerprint density at radius 3 is 2.33 bits per heavy atom. The van der Waals surface area contributed by atoms with Crippen molar-refractivity contribution in [3.05, 3.63) is 35.4 Å². The zero-order valence-electron chi connectivity index (χ0n) is 11.1. The zero-order valence-corrected chi connectivity index (χ0v) is 11.1. The Bertz CT molecular complexity index is 593. The van der Waals surface area contributed by atoms with Crippen LogP contribution >= 0.6 is 0 Å². The lowest BCUT2D eigenvalue weighted by Gasteiger charge is -2.11. The summed E-state index contributed by atoms with van der Waals surface area (Å²) in [5.74, 6) is -2.47. The number of carbonyl (C=O) groups excluding carboxylic acids is 1. The van der Waals surface area contributed by atoms with E-state index in [1.165, 1.54) is 26.0 Å². The van der Waals surface area contributed by atoms with E-state index in [0.29, 0.717) is 0 Å². The molecule has 0 aromatic heterocycles. The monoisotopic (exact) mass is 303 g/mol. The quantitative estimate of drug-likeness (QED) is 0.839. The van der Waals surface area contributed by atoms with Gasteiger partial charge in [0, 0.05) is 22.9 Å². The maximum Gasteiger partial charge on any atom is 0.573 e. The SMILES string of the molecule is CC(C(=O)O)=C(C)C(=O)Nc1cccc(OC(F)(F)F)c1. The third kappa shape index (κ3) is 5.17. The van der Waals surface area contributed by atoms with Gasteiger partial charge in [-0.15, -0.1) is 13.2 Å². The molecule has 0 saturated carbocycles. The fourth-order valence-corrected chi connectivity index (χ4v) is 1.33. The van der Waals surface area contributed by atoms with E-state index in [1.807, 2.05) is 0 Å². The summed E-state index contributed by atoms with van der Waals surface area (Å²) in [7, 11) is 0. The molecule has 0 spiro atoms. The van der Waals surface area contributed by atoms with E-state index in [1.54, 1.807) is 0 Å². The summed E-state index contributed by atoms with van der Waals surface area (Å²) in [5.41, 5.74) is -0.154. The summed E-state index contributed by atoms with van der Waals surface area (Å²) >= 11 is 0. The second kappa shape index (κ2) is 6.29. The summed E-state index contributed by atoms with van der Waals surface area (Å²) in [6, 6.07) is 4.67. The van der Waals surface area contributed by atoms with Crippen LogP contribution in [-0.4, -0.2) is 23.3 Å². The van der Waals surface area contributed by atoms with Gasteiger partial charge in [0.1, 0.15) is 5.75 Å². The molecule has 1 rings (SSSR count). The Morgan fingerprint density at radius 2 is 1.81 bits per heavy atom. The van der Waals surface area contributed by atoms with E-state index in [0.717, 1.165) is 12.1 Å². The average Bonchev–Trinajstić information content (AvgIpc) is 2.35. The van der Waals surface area contributed by atoms with Gasteiger partial charge in [-0.05, 0) is 26.0 Å². The first kappa shape index (κ1) is 16.5. The molecule has 0 bridgehead atoms. The third-order valence-electron chi connectivity index (χ3n) is 2.55. The highest BCUT2D eigenvalue weighted by Crippen LogP contribution is 2.25. The Morgan fingerprint density at radius 1 is 1.19 bits per heavy atom. The molecule has 0 aliphatic carbocycles. The molecule has 1 aromatic carbocycles. The molecule has 0 radical (unpaired) electrons. The highest BCUT2D eigenvalue weighted by Gasteiger charge is 2.31. The number of amides is 1. The van der Waals surface area contributed by atoms with Gasteiger partial charge in [-0.25, -0.2) is 4.79 Å². The topological polar surface area (TPSA) is 75.6 Å². The number of carbonyl (C=O) groups is 2. The maximum atomic E-state index is 12.1. The van der Waals surface area contributed by atoms with Gasteiger partial charge in [-0.2, -0.15) is 0 Å². The zero-order chi connectivity index (χ0) is 16.2. The van der Waals surface area contributed by atoms with Gasteiger partial charge < -0.3 is 15.2 Å². The standard InChI is InChI=1S/C13H12F3NO4/c1-7(8(2)12(19)20)11(18)17-9-4-3-5-10(6-9)21-13(14,15)16/h3-6H,1-2H3,(H,17,18)(H,19,20). The highest BCUT2D eigenvalue weighted by atomic mass is 19.4. The second-order valence-electron chi connectivity index (χ2n) is 4.08. The molecule has 0 aliphatic rings. The molecule has 0 heterocycles. The smallest absolute Gasteiger partial charge is 0.478 e. The number of aliphatic carboxylic acids is 1. The molecule has 0 unspecified atom stereocenters. The van der Waals surface area contributed by atoms with Gasteiger partial charge in [0.15, 0.2) is 0 Å². The second-order valence-corrected chi connectivity index (χ2v) is 4.08. The summed E-state index contributed by atoms with van der Waals surface area (Å²) in [4.78, 5) is 22.5. The Labute approximate surface area is 118 Å². The molecule has 0 atom stereocenters. The van der Waals surface area contributed by atoms with Crippen LogP contribution in [0.15, 0.2) is 35.4 Å².